The molecule has 0 spiro atoms. The van der Waals surface area contributed by atoms with Gasteiger partial charge in [-0.1, -0.05) is 38.8 Å². The second-order valence-corrected chi connectivity index (χ2v) is 7.14. The van der Waals surface area contributed by atoms with Gasteiger partial charge in [-0.15, -0.1) is 0 Å². The van der Waals surface area contributed by atoms with Gasteiger partial charge in [0.15, 0.2) is 5.11 Å². The van der Waals surface area contributed by atoms with E-state index in [0.29, 0.717) is 17.9 Å². The minimum absolute atomic E-state index is 0.226. The van der Waals surface area contributed by atoms with Gasteiger partial charge in [0.05, 0.1) is 12.2 Å². The van der Waals surface area contributed by atoms with Gasteiger partial charge < -0.3 is 10.1 Å². The van der Waals surface area contributed by atoms with Crippen molar-refractivity contribution < 1.29 is 9.53 Å². The van der Waals surface area contributed by atoms with Gasteiger partial charge in [0.1, 0.15) is 5.75 Å². The SMILES string of the molecule is CCCOc1ccc(Br)cc1C(=O)NC(=S)Nc1ccc(Br)cc1. The third-order valence-corrected chi connectivity index (χ3v) is 4.20. The maximum Gasteiger partial charge on any atom is 0.261 e. The molecular weight excluding hydrogens is 456 g/mol. The minimum Gasteiger partial charge on any atom is -0.493 e. The number of thiocarbonyl (C=S) groups is 1. The highest BCUT2D eigenvalue weighted by atomic mass is 79.9. The van der Waals surface area contributed by atoms with Crippen molar-refractivity contribution in [2.75, 3.05) is 11.9 Å². The molecule has 2 N–H and O–H groups in total. The minimum atomic E-state index is -0.322. The fraction of sp³-hybridized carbons (Fsp3) is 0.176. The molecule has 24 heavy (non-hydrogen) atoms. The van der Waals surface area contributed by atoms with E-state index in [2.05, 4.69) is 42.5 Å². The van der Waals surface area contributed by atoms with Gasteiger partial charge in [-0.2, -0.15) is 0 Å². The first-order valence-electron chi connectivity index (χ1n) is 7.30. The molecule has 0 saturated carbocycles. The van der Waals surface area contributed by atoms with Crippen LogP contribution in [-0.2, 0) is 0 Å². The van der Waals surface area contributed by atoms with Gasteiger partial charge in [-0.3, -0.25) is 10.1 Å². The maximum absolute atomic E-state index is 12.5. The van der Waals surface area contributed by atoms with E-state index >= 15 is 0 Å². The standard InChI is InChI=1S/C17H16Br2N2O2S/c1-2-9-23-15-8-5-12(19)10-14(15)16(22)21-17(24)20-13-6-3-11(18)4-7-13/h3-8,10H,2,9H2,1H3,(H2,20,21,22,24). The molecule has 2 aromatic carbocycles. The van der Waals surface area contributed by atoms with Crippen molar-refractivity contribution in [1.82, 2.24) is 5.32 Å². The van der Waals surface area contributed by atoms with Crippen molar-refractivity contribution in [1.29, 1.82) is 0 Å². The highest BCUT2D eigenvalue weighted by Gasteiger charge is 2.14. The number of ether oxygens (including phenoxy) is 1. The Labute approximate surface area is 163 Å². The number of carbonyl (C=O) groups excluding carboxylic acids is 1. The van der Waals surface area contributed by atoms with Crippen molar-refractivity contribution >= 4 is 60.8 Å². The van der Waals surface area contributed by atoms with Crippen LogP contribution in [0.15, 0.2) is 51.4 Å². The van der Waals surface area contributed by atoms with E-state index in [0.717, 1.165) is 21.1 Å². The summed E-state index contributed by atoms with van der Waals surface area (Å²) in [6.45, 7) is 2.55. The summed E-state index contributed by atoms with van der Waals surface area (Å²) in [6, 6.07) is 12.8. The molecule has 7 heteroatoms. The quantitative estimate of drug-likeness (QED) is 0.593. The Morgan fingerprint density at radius 2 is 1.79 bits per heavy atom. The zero-order chi connectivity index (χ0) is 17.5. The predicted molar refractivity (Wildman–Crippen MR) is 108 cm³/mol. The number of carbonyl (C=O) groups is 1. The van der Waals surface area contributed by atoms with Crippen LogP contribution in [-0.4, -0.2) is 17.6 Å². The Morgan fingerprint density at radius 3 is 2.46 bits per heavy atom. The molecule has 0 heterocycles. The van der Waals surface area contributed by atoms with Crippen LogP contribution in [0.1, 0.15) is 23.7 Å². The molecule has 0 saturated heterocycles. The van der Waals surface area contributed by atoms with Crippen LogP contribution in [0.3, 0.4) is 0 Å². The van der Waals surface area contributed by atoms with Crippen LogP contribution in [0.4, 0.5) is 5.69 Å². The van der Waals surface area contributed by atoms with Gasteiger partial charge in [0.25, 0.3) is 5.91 Å². The Kier molecular flexibility index (Phi) is 7.20. The Hall–Kier alpha value is -1.44. The lowest BCUT2D eigenvalue weighted by Crippen LogP contribution is -2.34. The molecule has 2 aromatic rings. The molecule has 4 nitrogen and oxygen atoms in total. The second kappa shape index (κ2) is 9.15. The van der Waals surface area contributed by atoms with Crippen LogP contribution >= 0.6 is 44.1 Å². The normalized spacial score (nSPS) is 10.1. The predicted octanol–water partition coefficient (Wildman–Crippen LogP) is 5.13. The van der Waals surface area contributed by atoms with Gasteiger partial charge in [0, 0.05) is 14.6 Å². The summed E-state index contributed by atoms with van der Waals surface area (Å²) < 4.78 is 7.39. The summed E-state index contributed by atoms with van der Waals surface area (Å²) >= 11 is 11.9. The first-order chi connectivity index (χ1) is 11.5. The van der Waals surface area contributed by atoms with Gasteiger partial charge in [-0.25, -0.2) is 0 Å². The van der Waals surface area contributed by atoms with Gasteiger partial charge >= 0.3 is 0 Å². The lowest BCUT2D eigenvalue weighted by Gasteiger charge is -2.13. The van der Waals surface area contributed by atoms with Crippen LogP contribution in [0.25, 0.3) is 0 Å². The summed E-state index contributed by atoms with van der Waals surface area (Å²) in [7, 11) is 0. The fourth-order valence-electron chi connectivity index (χ4n) is 1.88. The molecule has 0 bridgehead atoms. The molecular formula is C17H16Br2N2O2S. The molecule has 0 aromatic heterocycles. The average molecular weight is 472 g/mol. The number of amides is 1. The number of rotatable bonds is 5. The van der Waals surface area contributed by atoms with Crippen LogP contribution in [0, 0.1) is 0 Å². The summed E-state index contributed by atoms with van der Waals surface area (Å²) in [6.07, 6.45) is 0.862. The van der Waals surface area contributed by atoms with E-state index in [-0.39, 0.29) is 11.0 Å². The molecule has 0 radical (unpaired) electrons. The lowest BCUT2D eigenvalue weighted by molar-refractivity contribution is 0.0973. The Balaban J connectivity index is 2.06. The van der Waals surface area contributed by atoms with Crippen molar-refractivity contribution in [3.8, 4) is 5.75 Å². The third kappa shape index (κ3) is 5.58. The van der Waals surface area contributed by atoms with E-state index in [1.807, 2.05) is 37.3 Å². The lowest BCUT2D eigenvalue weighted by atomic mass is 10.2. The Bertz CT molecular complexity index is 736. The van der Waals surface area contributed by atoms with Crippen LogP contribution in [0.2, 0.25) is 0 Å². The molecule has 1 amide bonds. The maximum atomic E-state index is 12.5. The zero-order valence-electron chi connectivity index (χ0n) is 12.9. The molecule has 0 unspecified atom stereocenters. The van der Waals surface area contributed by atoms with E-state index in [9.17, 15) is 4.79 Å². The number of halogens is 2. The summed E-state index contributed by atoms with van der Waals surface area (Å²) in [4.78, 5) is 12.5. The van der Waals surface area contributed by atoms with Gasteiger partial charge in [0.2, 0.25) is 0 Å². The van der Waals surface area contributed by atoms with E-state index in [4.69, 9.17) is 17.0 Å². The first kappa shape index (κ1) is 18.9. The van der Waals surface area contributed by atoms with E-state index in [1.54, 1.807) is 12.1 Å². The largest absolute Gasteiger partial charge is 0.493 e. The summed E-state index contributed by atoms with van der Waals surface area (Å²) in [5.41, 5.74) is 1.22. The van der Waals surface area contributed by atoms with Crippen LogP contribution in [0.5, 0.6) is 5.75 Å². The van der Waals surface area contributed by atoms with E-state index < -0.39 is 0 Å². The smallest absolute Gasteiger partial charge is 0.261 e. The molecule has 126 valence electrons. The van der Waals surface area contributed by atoms with Gasteiger partial charge in [-0.05, 0) is 61.1 Å². The highest BCUT2D eigenvalue weighted by Crippen LogP contribution is 2.23. The topological polar surface area (TPSA) is 50.4 Å². The molecule has 0 aliphatic rings. The summed E-state index contributed by atoms with van der Waals surface area (Å²) in [5.74, 6) is 0.209. The number of hydrogen-bond acceptors (Lipinski definition) is 3. The molecule has 2 rings (SSSR count). The van der Waals surface area contributed by atoms with Crippen molar-refractivity contribution in [3.63, 3.8) is 0 Å². The second-order valence-electron chi connectivity index (χ2n) is 4.90. The van der Waals surface area contributed by atoms with Crippen molar-refractivity contribution in [2.24, 2.45) is 0 Å². The fourth-order valence-corrected chi connectivity index (χ4v) is 2.72. The number of nitrogens with one attached hydrogen (secondary N) is 2. The molecule has 0 aliphatic heterocycles. The van der Waals surface area contributed by atoms with Crippen molar-refractivity contribution in [2.45, 2.75) is 13.3 Å². The summed E-state index contributed by atoms with van der Waals surface area (Å²) in [5, 5.41) is 5.87. The molecule has 0 fully saturated rings. The Morgan fingerprint density at radius 1 is 1.12 bits per heavy atom. The van der Waals surface area contributed by atoms with Crippen LogP contribution < -0.4 is 15.4 Å². The first-order valence-corrected chi connectivity index (χ1v) is 9.29. The highest BCUT2D eigenvalue weighted by molar-refractivity contribution is 9.10. The number of benzene rings is 2. The number of anilines is 1. The molecule has 0 atom stereocenters. The number of hydrogen-bond donors (Lipinski definition) is 2. The molecule has 0 aliphatic carbocycles. The van der Waals surface area contributed by atoms with Crippen molar-refractivity contribution in [3.05, 3.63) is 57.0 Å². The average Bonchev–Trinajstić information content (AvgIpc) is 2.55. The van der Waals surface area contributed by atoms with E-state index in [1.165, 1.54) is 0 Å². The zero-order valence-corrected chi connectivity index (χ0v) is 16.9. The monoisotopic (exact) mass is 470 g/mol. The third-order valence-electron chi connectivity index (χ3n) is 2.98.